The van der Waals surface area contributed by atoms with E-state index in [2.05, 4.69) is 14.9 Å². The van der Waals surface area contributed by atoms with Crippen molar-refractivity contribution in [2.75, 3.05) is 5.32 Å². The molecule has 0 aliphatic rings. The summed E-state index contributed by atoms with van der Waals surface area (Å²) in [6.45, 7) is 1.85. The zero-order valence-electron chi connectivity index (χ0n) is 8.45. The maximum Gasteiger partial charge on any atom is 0.159 e. The summed E-state index contributed by atoms with van der Waals surface area (Å²) in [4.78, 5) is 0. The average Bonchev–Trinajstić information content (AvgIpc) is 2.74. The third-order valence-corrected chi connectivity index (χ3v) is 2.76. The Balaban J connectivity index is 2.14. The van der Waals surface area contributed by atoms with Gasteiger partial charge in [0, 0.05) is 17.6 Å². The third-order valence-electron chi connectivity index (χ3n) is 2.16. The molecule has 1 atom stereocenters. The predicted octanol–water partition coefficient (Wildman–Crippen LogP) is 2.99. The third kappa shape index (κ3) is 2.33. The van der Waals surface area contributed by atoms with Crippen LogP contribution in [0.4, 0.5) is 13.8 Å². The maximum absolute atomic E-state index is 13.0. The van der Waals surface area contributed by atoms with Crippen LogP contribution in [0.5, 0.6) is 0 Å². The molecular formula is C10H9F2N3S. The molecule has 84 valence electrons. The van der Waals surface area contributed by atoms with Crippen LogP contribution in [-0.2, 0) is 0 Å². The van der Waals surface area contributed by atoms with E-state index in [1.165, 1.54) is 17.6 Å². The van der Waals surface area contributed by atoms with Crippen molar-refractivity contribution >= 4 is 16.5 Å². The van der Waals surface area contributed by atoms with Crippen LogP contribution in [0.2, 0.25) is 0 Å². The van der Waals surface area contributed by atoms with Gasteiger partial charge in [0.15, 0.2) is 11.6 Å². The first-order chi connectivity index (χ1) is 7.66. The van der Waals surface area contributed by atoms with Gasteiger partial charge in [-0.05, 0) is 24.6 Å². The zero-order chi connectivity index (χ0) is 11.5. The molecule has 1 aromatic heterocycles. The van der Waals surface area contributed by atoms with Gasteiger partial charge >= 0.3 is 0 Å². The van der Waals surface area contributed by atoms with Gasteiger partial charge in [0.2, 0.25) is 0 Å². The lowest BCUT2D eigenvalue weighted by atomic mass is 10.1. The molecule has 0 fully saturated rings. The molecule has 6 heteroatoms. The van der Waals surface area contributed by atoms with Gasteiger partial charge in [-0.3, -0.25) is 0 Å². The Bertz CT molecular complexity index is 473. The molecule has 0 amide bonds. The number of halogens is 2. The van der Waals surface area contributed by atoms with Crippen LogP contribution in [0, 0.1) is 11.6 Å². The van der Waals surface area contributed by atoms with E-state index >= 15 is 0 Å². The normalized spacial score (nSPS) is 12.4. The molecule has 0 saturated carbocycles. The summed E-state index contributed by atoms with van der Waals surface area (Å²) in [5.74, 6) is -1.68. The summed E-state index contributed by atoms with van der Waals surface area (Å²) in [5, 5.41) is 7.55. The predicted molar refractivity (Wildman–Crippen MR) is 58.3 cm³/mol. The van der Waals surface area contributed by atoms with E-state index in [0.29, 0.717) is 5.56 Å². The van der Waals surface area contributed by atoms with Crippen LogP contribution < -0.4 is 5.32 Å². The Hall–Kier alpha value is -1.56. The number of aromatic nitrogens is 2. The van der Waals surface area contributed by atoms with Crippen LogP contribution in [0.15, 0.2) is 24.4 Å². The molecule has 1 aromatic carbocycles. The second kappa shape index (κ2) is 4.52. The first-order valence-electron chi connectivity index (χ1n) is 4.65. The van der Waals surface area contributed by atoms with E-state index in [-0.39, 0.29) is 6.04 Å². The van der Waals surface area contributed by atoms with Crippen LogP contribution in [0.3, 0.4) is 0 Å². The maximum atomic E-state index is 13.0. The first-order valence-corrected chi connectivity index (χ1v) is 5.43. The van der Waals surface area contributed by atoms with Gasteiger partial charge in [0.25, 0.3) is 0 Å². The minimum atomic E-state index is -0.839. The second-order valence-electron chi connectivity index (χ2n) is 3.32. The van der Waals surface area contributed by atoms with Gasteiger partial charge in [-0.15, -0.1) is 5.10 Å². The van der Waals surface area contributed by atoms with E-state index in [1.54, 1.807) is 12.3 Å². The monoisotopic (exact) mass is 241 g/mol. The van der Waals surface area contributed by atoms with E-state index in [4.69, 9.17) is 0 Å². The topological polar surface area (TPSA) is 37.8 Å². The number of rotatable bonds is 3. The Morgan fingerprint density at radius 1 is 1.31 bits per heavy atom. The van der Waals surface area contributed by atoms with E-state index in [1.807, 2.05) is 6.92 Å². The molecule has 1 N–H and O–H groups in total. The van der Waals surface area contributed by atoms with E-state index in [9.17, 15) is 8.78 Å². The molecule has 0 bridgehead atoms. The van der Waals surface area contributed by atoms with Gasteiger partial charge in [-0.25, -0.2) is 8.78 Å². The highest BCUT2D eigenvalue weighted by atomic mass is 32.1. The summed E-state index contributed by atoms with van der Waals surface area (Å²) in [6, 6.07) is 3.72. The molecule has 0 spiro atoms. The van der Waals surface area contributed by atoms with Crippen molar-refractivity contribution in [1.29, 1.82) is 0 Å². The highest BCUT2D eigenvalue weighted by Gasteiger charge is 2.09. The van der Waals surface area contributed by atoms with E-state index in [0.717, 1.165) is 11.1 Å². The second-order valence-corrected chi connectivity index (χ2v) is 4.11. The quantitative estimate of drug-likeness (QED) is 0.897. The van der Waals surface area contributed by atoms with Crippen LogP contribution in [0.25, 0.3) is 0 Å². The Morgan fingerprint density at radius 2 is 2.12 bits per heavy atom. The summed E-state index contributed by atoms with van der Waals surface area (Å²) >= 11 is 1.21. The Labute approximate surface area is 95.3 Å². The molecule has 0 saturated heterocycles. The minimum Gasteiger partial charge on any atom is -0.368 e. The van der Waals surface area contributed by atoms with Crippen LogP contribution in [-0.4, -0.2) is 9.59 Å². The zero-order valence-corrected chi connectivity index (χ0v) is 9.26. The van der Waals surface area contributed by atoms with Crippen molar-refractivity contribution in [3.8, 4) is 0 Å². The number of hydrogen-bond acceptors (Lipinski definition) is 4. The Kier molecular flexibility index (Phi) is 3.09. The van der Waals surface area contributed by atoms with Gasteiger partial charge < -0.3 is 5.32 Å². The highest BCUT2D eigenvalue weighted by Crippen LogP contribution is 2.21. The number of benzene rings is 1. The van der Waals surface area contributed by atoms with Gasteiger partial charge in [0.1, 0.15) is 5.00 Å². The number of anilines is 1. The fourth-order valence-electron chi connectivity index (χ4n) is 1.31. The smallest absolute Gasteiger partial charge is 0.159 e. The number of nitrogens with one attached hydrogen (secondary N) is 1. The number of nitrogens with zero attached hydrogens (tertiary/aromatic N) is 2. The van der Waals surface area contributed by atoms with Gasteiger partial charge in [-0.2, -0.15) is 0 Å². The lowest BCUT2D eigenvalue weighted by Crippen LogP contribution is -2.06. The largest absolute Gasteiger partial charge is 0.368 e. The highest BCUT2D eigenvalue weighted by molar-refractivity contribution is 7.09. The number of hydrogen-bond donors (Lipinski definition) is 1. The minimum absolute atomic E-state index is 0.127. The molecule has 2 rings (SSSR count). The first kappa shape index (κ1) is 10.9. The van der Waals surface area contributed by atoms with Crippen molar-refractivity contribution in [2.45, 2.75) is 13.0 Å². The molecule has 3 nitrogen and oxygen atoms in total. The molecule has 16 heavy (non-hydrogen) atoms. The summed E-state index contributed by atoms with van der Waals surface area (Å²) in [6.07, 6.45) is 1.58. The van der Waals surface area contributed by atoms with E-state index < -0.39 is 11.6 Å². The molecule has 0 aliphatic carbocycles. The standard InChI is InChI=1S/C10H9F2N3S/c1-6(14-10-5-13-15-16-10)7-2-3-8(11)9(12)4-7/h2-6,14H,1H3. The van der Waals surface area contributed by atoms with Crippen molar-refractivity contribution < 1.29 is 8.78 Å². The fourth-order valence-corrected chi connectivity index (χ4v) is 1.82. The molecule has 0 aliphatic heterocycles. The van der Waals surface area contributed by atoms with Crippen molar-refractivity contribution in [1.82, 2.24) is 9.59 Å². The summed E-state index contributed by atoms with van der Waals surface area (Å²) in [5.41, 5.74) is 0.673. The fraction of sp³-hybridized carbons (Fsp3) is 0.200. The molecule has 1 heterocycles. The lowest BCUT2D eigenvalue weighted by Gasteiger charge is -2.13. The van der Waals surface area contributed by atoms with Crippen LogP contribution >= 0.6 is 11.5 Å². The summed E-state index contributed by atoms with van der Waals surface area (Å²) < 4.78 is 29.4. The van der Waals surface area contributed by atoms with Crippen molar-refractivity contribution in [3.05, 3.63) is 41.6 Å². The van der Waals surface area contributed by atoms with Crippen molar-refractivity contribution in [2.24, 2.45) is 0 Å². The lowest BCUT2D eigenvalue weighted by molar-refractivity contribution is 0.506. The molecular weight excluding hydrogens is 232 g/mol. The average molecular weight is 241 g/mol. The van der Waals surface area contributed by atoms with Crippen molar-refractivity contribution in [3.63, 3.8) is 0 Å². The summed E-state index contributed by atoms with van der Waals surface area (Å²) in [7, 11) is 0. The molecule has 2 aromatic rings. The SMILES string of the molecule is CC(Nc1cnns1)c1ccc(F)c(F)c1. The van der Waals surface area contributed by atoms with Crippen LogP contribution in [0.1, 0.15) is 18.5 Å². The van der Waals surface area contributed by atoms with Gasteiger partial charge in [0.05, 0.1) is 6.20 Å². The Morgan fingerprint density at radius 3 is 2.75 bits per heavy atom. The molecule has 0 radical (unpaired) electrons. The molecule has 1 unspecified atom stereocenters. The van der Waals surface area contributed by atoms with Gasteiger partial charge in [-0.1, -0.05) is 10.6 Å².